The summed E-state index contributed by atoms with van der Waals surface area (Å²) in [6.45, 7) is 1.86. The van der Waals surface area contributed by atoms with Crippen LogP contribution in [0.15, 0.2) is 78.9 Å². The highest BCUT2D eigenvalue weighted by atomic mass is 32.1. The molecule has 3 aromatic carbocycles. The summed E-state index contributed by atoms with van der Waals surface area (Å²) in [5.41, 5.74) is 4.34. The highest BCUT2D eigenvalue weighted by molar-refractivity contribution is 7.80. The molecule has 0 bridgehead atoms. The number of amides is 1. The Hall–Kier alpha value is -3.95. The van der Waals surface area contributed by atoms with Crippen LogP contribution in [0, 0.1) is 6.92 Å². The van der Waals surface area contributed by atoms with E-state index in [0.29, 0.717) is 5.56 Å². The third-order valence-corrected chi connectivity index (χ3v) is 6.15. The van der Waals surface area contributed by atoms with Gasteiger partial charge < -0.3 is 5.32 Å². The molecule has 2 aromatic heterocycles. The number of nitrogens with one attached hydrogen (secondary N) is 2. The van der Waals surface area contributed by atoms with Gasteiger partial charge in [-0.05, 0) is 54.5 Å². The van der Waals surface area contributed by atoms with Crippen molar-refractivity contribution in [3.8, 4) is 21.7 Å². The summed E-state index contributed by atoms with van der Waals surface area (Å²) in [5.74, 6) is 0.467. The van der Waals surface area contributed by atoms with E-state index in [2.05, 4.69) is 25.9 Å². The second-order valence-electron chi connectivity index (χ2n) is 7.28. The molecule has 0 radical (unpaired) electrons. The molecule has 0 aliphatic carbocycles. The molecule has 7 nitrogen and oxygen atoms in total. The highest BCUT2D eigenvalue weighted by Gasteiger charge is 2.12. The zero-order chi connectivity index (χ0) is 22.8. The quantitative estimate of drug-likeness (QED) is 0.362. The van der Waals surface area contributed by atoms with E-state index >= 15 is 0 Å². The molecule has 5 aromatic rings. The predicted octanol–water partition coefficient (Wildman–Crippen LogP) is 4.96. The minimum atomic E-state index is -0.271. The lowest BCUT2D eigenvalue weighted by atomic mass is 10.0. The van der Waals surface area contributed by atoms with Gasteiger partial charge in [0.25, 0.3) is 5.91 Å². The van der Waals surface area contributed by atoms with Crippen molar-refractivity contribution < 1.29 is 4.79 Å². The molecule has 0 aliphatic rings. The van der Waals surface area contributed by atoms with Crippen molar-refractivity contribution in [3.05, 3.63) is 90.3 Å². The number of nitrogens with zero attached hydrogens (tertiary/aromatic N) is 4. The molecule has 0 atom stereocenters. The second kappa shape index (κ2) is 8.89. The van der Waals surface area contributed by atoms with Gasteiger partial charge in [0.2, 0.25) is 4.96 Å². The number of fused-ring (bicyclic) bond motifs is 1. The number of aromatic nitrogens is 4. The molecule has 0 saturated heterocycles. The number of benzene rings is 3. The van der Waals surface area contributed by atoms with Gasteiger partial charge in [0.05, 0.1) is 0 Å². The second-order valence-corrected chi connectivity index (χ2v) is 8.65. The normalized spacial score (nSPS) is 10.8. The highest BCUT2D eigenvalue weighted by Crippen LogP contribution is 2.27. The maximum atomic E-state index is 12.6. The van der Waals surface area contributed by atoms with Crippen LogP contribution in [-0.4, -0.2) is 30.8 Å². The van der Waals surface area contributed by atoms with E-state index in [-0.39, 0.29) is 11.0 Å². The van der Waals surface area contributed by atoms with E-state index in [1.807, 2.05) is 73.7 Å². The first-order valence-corrected chi connectivity index (χ1v) is 11.4. The standard InChI is InChI=1S/C24H18N6OS2/c1-15-27-28-24-30(15)29-22(33-24)19-8-5-9-20(14-19)25-23(32)26-21(31)18-12-10-17(11-13-18)16-6-3-2-4-7-16/h2-14H,1H3,(H2,25,26,31,32). The van der Waals surface area contributed by atoms with Crippen LogP contribution < -0.4 is 10.6 Å². The monoisotopic (exact) mass is 470 g/mol. The predicted molar refractivity (Wildman–Crippen MR) is 134 cm³/mol. The van der Waals surface area contributed by atoms with Gasteiger partial charge in [0, 0.05) is 16.8 Å². The lowest BCUT2D eigenvalue weighted by Crippen LogP contribution is -2.34. The molecule has 0 aliphatic heterocycles. The van der Waals surface area contributed by atoms with Gasteiger partial charge in [-0.3, -0.25) is 10.1 Å². The smallest absolute Gasteiger partial charge is 0.257 e. The first-order chi connectivity index (χ1) is 16.1. The Morgan fingerprint density at radius 3 is 2.39 bits per heavy atom. The summed E-state index contributed by atoms with van der Waals surface area (Å²) in [7, 11) is 0. The first kappa shape index (κ1) is 20.9. The molecular formula is C24H18N6OS2. The Balaban J connectivity index is 1.25. The van der Waals surface area contributed by atoms with E-state index in [1.165, 1.54) is 11.3 Å². The van der Waals surface area contributed by atoms with E-state index < -0.39 is 0 Å². The zero-order valence-corrected chi connectivity index (χ0v) is 19.2. The maximum absolute atomic E-state index is 12.6. The number of hydrogen-bond acceptors (Lipinski definition) is 6. The SMILES string of the molecule is Cc1nnc2sc(-c3cccc(NC(=S)NC(=O)c4ccc(-c5ccccc5)cc4)c3)nn12. The molecule has 0 spiro atoms. The molecule has 0 fully saturated rings. The summed E-state index contributed by atoms with van der Waals surface area (Å²) in [6.07, 6.45) is 0. The third kappa shape index (κ3) is 4.50. The Bertz CT molecular complexity index is 1460. The number of hydrogen-bond donors (Lipinski definition) is 2. The fourth-order valence-electron chi connectivity index (χ4n) is 3.34. The van der Waals surface area contributed by atoms with Gasteiger partial charge in [0.1, 0.15) is 5.01 Å². The van der Waals surface area contributed by atoms with Gasteiger partial charge in [-0.25, -0.2) is 0 Å². The van der Waals surface area contributed by atoms with Crippen molar-refractivity contribution in [2.24, 2.45) is 0 Å². The van der Waals surface area contributed by atoms with Crippen molar-refractivity contribution in [3.63, 3.8) is 0 Å². The average Bonchev–Trinajstić information content (AvgIpc) is 3.42. The Morgan fingerprint density at radius 2 is 1.64 bits per heavy atom. The molecule has 2 heterocycles. The molecule has 0 unspecified atom stereocenters. The van der Waals surface area contributed by atoms with Crippen LogP contribution in [0.3, 0.4) is 0 Å². The molecule has 5 rings (SSSR count). The lowest BCUT2D eigenvalue weighted by molar-refractivity contribution is 0.0978. The van der Waals surface area contributed by atoms with E-state index in [1.54, 1.807) is 16.6 Å². The minimum Gasteiger partial charge on any atom is -0.332 e. The van der Waals surface area contributed by atoms with Crippen molar-refractivity contribution >= 4 is 45.2 Å². The van der Waals surface area contributed by atoms with Crippen LogP contribution in [0.25, 0.3) is 26.7 Å². The molecule has 2 N–H and O–H groups in total. The molecule has 0 saturated carbocycles. The molecular weight excluding hydrogens is 452 g/mol. The molecule has 162 valence electrons. The molecule has 1 amide bonds. The fraction of sp³-hybridized carbons (Fsp3) is 0.0417. The number of aryl methyl sites for hydroxylation is 1. The van der Waals surface area contributed by atoms with Gasteiger partial charge in [-0.2, -0.15) is 9.61 Å². The van der Waals surface area contributed by atoms with Gasteiger partial charge in [0.15, 0.2) is 10.9 Å². The third-order valence-electron chi connectivity index (χ3n) is 5.00. The number of anilines is 1. The lowest BCUT2D eigenvalue weighted by Gasteiger charge is -2.11. The minimum absolute atomic E-state index is 0.221. The number of rotatable bonds is 4. The van der Waals surface area contributed by atoms with Crippen LogP contribution in [0.1, 0.15) is 16.2 Å². The van der Waals surface area contributed by atoms with Gasteiger partial charge in [-0.15, -0.1) is 10.2 Å². The van der Waals surface area contributed by atoms with Crippen LogP contribution in [0.5, 0.6) is 0 Å². The summed E-state index contributed by atoms with van der Waals surface area (Å²) in [4.78, 5) is 13.4. The summed E-state index contributed by atoms with van der Waals surface area (Å²) in [5, 5.41) is 19.5. The van der Waals surface area contributed by atoms with E-state index in [9.17, 15) is 4.79 Å². The van der Waals surface area contributed by atoms with Crippen LogP contribution in [-0.2, 0) is 0 Å². The van der Waals surface area contributed by atoms with Gasteiger partial charge in [-0.1, -0.05) is 65.9 Å². The van der Waals surface area contributed by atoms with Crippen molar-refractivity contribution in [1.29, 1.82) is 0 Å². The number of thiocarbonyl (C=S) groups is 1. The Kier molecular flexibility index (Phi) is 5.64. The Morgan fingerprint density at radius 1 is 0.909 bits per heavy atom. The van der Waals surface area contributed by atoms with Crippen molar-refractivity contribution in [1.82, 2.24) is 25.1 Å². The summed E-state index contributed by atoms with van der Waals surface area (Å²) in [6, 6.07) is 25.1. The molecule has 33 heavy (non-hydrogen) atoms. The summed E-state index contributed by atoms with van der Waals surface area (Å²) < 4.78 is 1.72. The van der Waals surface area contributed by atoms with Crippen LogP contribution in [0.4, 0.5) is 5.69 Å². The summed E-state index contributed by atoms with van der Waals surface area (Å²) >= 11 is 6.81. The first-order valence-electron chi connectivity index (χ1n) is 10.1. The van der Waals surface area contributed by atoms with E-state index in [0.717, 1.165) is 38.2 Å². The maximum Gasteiger partial charge on any atom is 0.257 e. The van der Waals surface area contributed by atoms with Crippen molar-refractivity contribution in [2.75, 3.05) is 5.32 Å². The number of carbonyl (C=O) groups is 1. The van der Waals surface area contributed by atoms with Crippen LogP contribution >= 0.6 is 23.6 Å². The molecule has 9 heteroatoms. The zero-order valence-electron chi connectivity index (χ0n) is 17.5. The van der Waals surface area contributed by atoms with Crippen LogP contribution in [0.2, 0.25) is 0 Å². The van der Waals surface area contributed by atoms with E-state index in [4.69, 9.17) is 12.2 Å². The number of carbonyl (C=O) groups excluding carboxylic acids is 1. The fourth-order valence-corrected chi connectivity index (χ4v) is 4.44. The van der Waals surface area contributed by atoms with Crippen molar-refractivity contribution in [2.45, 2.75) is 6.92 Å². The topological polar surface area (TPSA) is 84.2 Å². The average molecular weight is 471 g/mol. The largest absolute Gasteiger partial charge is 0.332 e. The Labute approximate surface area is 199 Å². The van der Waals surface area contributed by atoms with Gasteiger partial charge >= 0.3 is 0 Å².